The lowest BCUT2D eigenvalue weighted by molar-refractivity contribution is -0.134. The van der Waals surface area contributed by atoms with Gasteiger partial charge in [0.25, 0.3) is 5.91 Å². The molecule has 1 atom stereocenters. The van der Waals surface area contributed by atoms with E-state index in [0.717, 1.165) is 37.9 Å². The summed E-state index contributed by atoms with van der Waals surface area (Å²) in [6, 6.07) is 4.97. The molecule has 2 aliphatic rings. The van der Waals surface area contributed by atoms with Gasteiger partial charge in [0.2, 0.25) is 11.8 Å². The van der Waals surface area contributed by atoms with Gasteiger partial charge in [0, 0.05) is 37.8 Å². The summed E-state index contributed by atoms with van der Waals surface area (Å²) in [5, 5.41) is 2.91. The van der Waals surface area contributed by atoms with Crippen LogP contribution in [0.4, 0.5) is 5.69 Å². The molecule has 0 aromatic heterocycles. The van der Waals surface area contributed by atoms with Crippen molar-refractivity contribution in [1.29, 1.82) is 0 Å². The van der Waals surface area contributed by atoms with Gasteiger partial charge in [-0.25, -0.2) is 0 Å². The van der Waals surface area contributed by atoms with Crippen molar-refractivity contribution in [3.63, 3.8) is 0 Å². The predicted molar refractivity (Wildman–Crippen MR) is 95.4 cm³/mol. The van der Waals surface area contributed by atoms with Crippen molar-refractivity contribution in [2.75, 3.05) is 25.0 Å². The number of benzene rings is 1. The standard InChI is InChI=1S/C19H25N3O3/c1-13-12-15(19(25)21-9-3-4-10-21)7-8-16(13)20-18(24)17-6-5-11-22(17)14(2)23/h7-8,12,17H,3-6,9-11H2,1-2H3,(H,20,24). The Balaban J connectivity index is 1.69. The molecule has 25 heavy (non-hydrogen) atoms. The summed E-state index contributed by atoms with van der Waals surface area (Å²) in [5.74, 6) is -0.174. The van der Waals surface area contributed by atoms with Crippen LogP contribution in [0.2, 0.25) is 0 Å². The average Bonchev–Trinajstić information content (AvgIpc) is 3.27. The second-order valence-corrected chi connectivity index (χ2v) is 6.89. The molecular weight excluding hydrogens is 318 g/mol. The third kappa shape index (κ3) is 3.67. The fraction of sp³-hybridized carbons (Fsp3) is 0.526. The molecule has 3 rings (SSSR count). The Morgan fingerprint density at radius 2 is 1.80 bits per heavy atom. The lowest BCUT2D eigenvalue weighted by Crippen LogP contribution is -2.42. The number of likely N-dealkylation sites (tertiary alicyclic amines) is 2. The van der Waals surface area contributed by atoms with E-state index in [2.05, 4.69) is 5.32 Å². The van der Waals surface area contributed by atoms with Crippen molar-refractivity contribution in [3.8, 4) is 0 Å². The molecule has 2 aliphatic heterocycles. The number of carbonyl (C=O) groups is 3. The number of hydrogen-bond acceptors (Lipinski definition) is 3. The molecule has 3 amide bonds. The Morgan fingerprint density at radius 1 is 1.08 bits per heavy atom. The minimum absolute atomic E-state index is 0.0528. The van der Waals surface area contributed by atoms with Crippen molar-refractivity contribution in [3.05, 3.63) is 29.3 Å². The molecule has 2 heterocycles. The van der Waals surface area contributed by atoms with Crippen LogP contribution in [0.5, 0.6) is 0 Å². The number of amides is 3. The quantitative estimate of drug-likeness (QED) is 0.914. The molecule has 2 saturated heterocycles. The minimum Gasteiger partial charge on any atom is -0.339 e. The van der Waals surface area contributed by atoms with Crippen LogP contribution in [0.1, 0.15) is 48.5 Å². The number of aryl methyl sites for hydroxylation is 1. The van der Waals surface area contributed by atoms with Gasteiger partial charge in [-0.3, -0.25) is 14.4 Å². The summed E-state index contributed by atoms with van der Waals surface area (Å²) < 4.78 is 0. The molecule has 0 spiro atoms. The molecule has 1 aromatic rings. The lowest BCUT2D eigenvalue weighted by Gasteiger charge is -2.23. The Bertz CT molecular complexity index is 695. The van der Waals surface area contributed by atoms with E-state index >= 15 is 0 Å². The highest BCUT2D eigenvalue weighted by atomic mass is 16.2. The van der Waals surface area contributed by atoms with Crippen molar-refractivity contribution in [2.24, 2.45) is 0 Å². The minimum atomic E-state index is -0.400. The number of hydrogen-bond donors (Lipinski definition) is 1. The van der Waals surface area contributed by atoms with Gasteiger partial charge in [-0.1, -0.05) is 0 Å². The van der Waals surface area contributed by atoms with Crippen LogP contribution in [0.15, 0.2) is 18.2 Å². The van der Waals surface area contributed by atoms with Gasteiger partial charge in [-0.05, 0) is 56.4 Å². The van der Waals surface area contributed by atoms with Gasteiger partial charge in [0.1, 0.15) is 6.04 Å². The molecule has 2 fully saturated rings. The number of nitrogens with zero attached hydrogens (tertiary/aromatic N) is 2. The lowest BCUT2D eigenvalue weighted by atomic mass is 10.1. The highest BCUT2D eigenvalue weighted by Crippen LogP contribution is 2.23. The van der Waals surface area contributed by atoms with E-state index in [9.17, 15) is 14.4 Å². The largest absolute Gasteiger partial charge is 0.339 e. The van der Waals surface area contributed by atoms with Gasteiger partial charge in [0.05, 0.1) is 0 Å². The molecule has 134 valence electrons. The van der Waals surface area contributed by atoms with E-state index < -0.39 is 6.04 Å². The number of rotatable bonds is 3. The highest BCUT2D eigenvalue weighted by molar-refractivity contribution is 5.99. The van der Waals surface area contributed by atoms with Gasteiger partial charge in [-0.2, -0.15) is 0 Å². The molecule has 0 radical (unpaired) electrons. The van der Waals surface area contributed by atoms with E-state index in [4.69, 9.17) is 0 Å². The van der Waals surface area contributed by atoms with Crippen LogP contribution in [-0.2, 0) is 9.59 Å². The highest BCUT2D eigenvalue weighted by Gasteiger charge is 2.32. The maximum atomic E-state index is 12.5. The molecule has 0 aliphatic carbocycles. The SMILES string of the molecule is CC(=O)N1CCCC1C(=O)Nc1ccc(C(=O)N2CCCC2)cc1C. The molecule has 1 N–H and O–H groups in total. The molecule has 6 heteroatoms. The second-order valence-electron chi connectivity index (χ2n) is 6.89. The van der Waals surface area contributed by atoms with Crippen LogP contribution in [0, 0.1) is 6.92 Å². The zero-order valence-electron chi connectivity index (χ0n) is 14.9. The van der Waals surface area contributed by atoms with Crippen molar-refractivity contribution >= 4 is 23.4 Å². The monoisotopic (exact) mass is 343 g/mol. The van der Waals surface area contributed by atoms with Crippen LogP contribution < -0.4 is 5.32 Å². The maximum Gasteiger partial charge on any atom is 0.253 e. The third-order valence-corrected chi connectivity index (χ3v) is 5.08. The summed E-state index contributed by atoms with van der Waals surface area (Å²) in [5.41, 5.74) is 2.20. The topological polar surface area (TPSA) is 69.7 Å². The fourth-order valence-electron chi connectivity index (χ4n) is 3.67. The average molecular weight is 343 g/mol. The maximum absolute atomic E-state index is 12.5. The number of nitrogens with one attached hydrogen (secondary N) is 1. The van der Waals surface area contributed by atoms with Crippen LogP contribution in [0.25, 0.3) is 0 Å². The third-order valence-electron chi connectivity index (χ3n) is 5.08. The summed E-state index contributed by atoms with van der Waals surface area (Å²) in [6.07, 6.45) is 3.66. The normalized spacial score (nSPS) is 20.0. The zero-order chi connectivity index (χ0) is 18.0. The molecule has 6 nitrogen and oxygen atoms in total. The molecule has 0 bridgehead atoms. The molecule has 1 unspecified atom stereocenters. The summed E-state index contributed by atoms with van der Waals surface area (Å²) >= 11 is 0. The van der Waals surface area contributed by atoms with Gasteiger partial charge >= 0.3 is 0 Å². The summed E-state index contributed by atoms with van der Waals surface area (Å²) in [6.45, 7) is 5.65. The predicted octanol–water partition coefficient (Wildman–Crippen LogP) is 2.18. The van der Waals surface area contributed by atoms with Crippen LogP contribution in [0.3, 0.4) is 0 Å². The van der Waals surface area contributed by atoms with Crippen LogP contribution in [-0.4, -0.2) is 53.2 Å². The number of carbonyl (C=O) groups excluding carboxylic acids is 3. The smallest absolute Gasteiger partial charge is 0.253 e. The van der Waals surface area contributed by atoms with Crippen molar-refractivity contribution in [1.82, 2.24) is 9.80 Å². The molecule has 1 aromatic carbocycles. The van der Waals surface area contributed by atoms with E-state index in [0.29, 0.717) is 24.2 Å². The van der Waals surface area contributed by atoms with Crippen LogP contribution >= 0.6 is 0 Å². The van der Waals surface area contributed by atoms with E-state index in [1.807, 2.05) is 17.9 Å². The first-order chi connectivity index (χ1) is 12.0. The zero-order valence-corrected chi connectivity index (χ0v) is 14.9. The first-order valence-electron chi connectivity index (χ1n) is 8.95. The second kappa shape index (κ2) is 7.25. The van der Waals surface area contributed by atoms with Crippen molar-refractivity contribution < 1.29 is 14.4 Å². The van der Waals surface area contributed by atoms with Gasteiger partial charge < -0.3 is 15.1 Å². The van der Waals surface area contributed by atoms with Gasteiger partial charge in [-0.15, -0.1) is 0 Å². The Labute approximate surface area is 148 Å². The van der Waals surface area contributed by atoms with Gasteiger partial charge in [0.15, 0.2) is 0 Å². The summed E-state index contributed by atoms with van der Waals surface area (Å²) in [7, 11) is 0. The van der Waals surface area contributed by atoms with Crippen molar-refractivity contribution in [2.45, 2.75) is 45.6 Å². The number of anilines is 1. The first kappa shape index (κ1) is 17.5. The molecule has 0 saturated carbocycles. The Hall–Kier alpha value is -2.37. The molecular formula is C19H25N3O3. The van der Waals surface area contributed by atoms with E-state index in [1.54, 1.807) is 17.0 Å². The van der Waals surface area contributed by atoms with E-state index in [-0.39, 0.29) is 17.7 Å². The fourth-order valence-corrected chi connectivity index (χ4v) is 3.67. The summed E-state index contributed by atoms with van der Waals surface area (Å²) in [4.78, 5) is 40.1. The Morgan fingerprint density at radius 3 is 2.44 bits per heavy atom. The first-order valence-corrected chi connectivity index (χ1v) is 8.95. The van der Waals surface area contributed by atoms with E-state index in [1.165, 1.54) is 6.92 Å². The Kier molecular flexibility index (Phi) is 5.06.